The summed E-state index contributed by atoms with van der Waals surface area (Å²) >= 11 is 0. The zero-order valence-corrected chi connectivity index (χ0v) is 20.7. The van der Waals surface area contributed by atoms with Crippen molar-refractivity contribution in [2.75, 3.05) is 19.8 Å². The smallest absolute Gasteiger partial charge is 0.187 e. The third-order valence-corrected chi connectivity index (χ3v) is 6.74. The molecule has 2 fully saturated rings. The van der Waals surface area contributed by atoms with E-state index < -0.39 is 74.6 Å². The molecular weight excluding hydrogens is 464 g/mol. The van der Waals surface area contributed by atoms with Crippen LogP contribution in [0.15, 0.2) is 0 Å². The molecule has 0 radical (unpaired) electrons. The van der Waals surface area contributed by atoms with Gasteiger partial charge in [0.2, 0.25) is 0 Å². The standard InChI is InChI=1S/C24H46O11/c1-2-3-4-5-6-7-8-9-10-11-12-32-23-21(31)19(29)22(16(14-26)34-23)35-24-20(30)18(28)17(27)15(13-25)33-24/h15-31H,2-14H2,1H3/t15-,16-,17+,18+,19-,20+,21-,22+,23+,24+/m0/s1. The fraction of sp³-hybridized carbons (Fsp3) is 1.00. The molecule has 2 aliphatic rings. The monoisotopic (exact) mass is 510 g/mol. The molecule has 2 rings (SSSR count). The number of unbranched alkanes of at least 4 members (excludes halogenated alkanes) is 9. The van der Waals surface area contributed by atoms with Gasteiger partial charge in [-0.1, -0.05) is 64.7 Å². The quantitative estimate of drug-likeness (QED) is 0.134. The van der Waals surface area contributed by atoms with Crippen molar-refractivity contribution in [3.8, 4) is 0 Å². The van der Waals surface area contributed by atoms with Crippen LogP contribution in [0.1, 0.15) is 71.1 Å². The van der Waals surface area contributed by atoms with Crippen LogP contribution in [0.5, 0.6) is 0 Å². The van der Waals surface area contributed by atoms with Crippen molar-refractivity contribution in [1.29, 1.82) is 0 Å². The van der Waals surface area contributed by atoms with Crippen LogP contribution in [0.25, 0.3) is 0 Å². The molecule has 0 saturated carbocycles. The highest BCUT2D eigenvalue weighted by molar-refractivity contribution is 4.94. The Kier molecular flexibility index (Phi) is 14.4. The fourth-order valence-corrected chi connectivity index (χ4v) is 4.48. The van der Waals surface area contributed by atoms with Gasteiger partial charge in [-0.15, -0.1) is 0 Å². The Hall–Kier alpha value is -0.440. The molecule has 0 aliphatic carbocycles. The van der Waals surface area contributed by atoms with Crippen molar-refractivity contribution < 1.29 is 54.7 Å². The van der Waals surface area contributed by atoms with Gasteiger partial charge in [0.1, 0.15) is 48.8 Å². The molecule has 0 amide bonds. The van der Waals surface area contributed by atoms with Crippen molar-refractivity contribution in [3.05, 3.63) is 0 Å². The van der Waals surface area contributed by atoms with Crippen LogP contribution < -0.4 is 0 Å². The highest BCUT2D eigenvalue weighted by atomic mass is 16.7. The molecule has 7 N–H and O–H groups in total. The van der Waals surface area contributed by atoms with E-state index in [0.717, 1.165) is 19.3 Å². The largest absolute Gasteiger partial charge is 0.394 e. The van der Waals surface area contributed by atoms with E-state index in [9.17, 15) is 35.7 Å². The van der Waals surface area contributed by atoms with Crippen LogP contribution in [0.2, 0.25) is 0 Å². The predicted octanol–water partition coefficient (Wildman–Crippen LogP) is -0.452. The Morgan fingerprint density at radius 1 is 0.571 bits per heavy atom. The molecule has 0 aromatic carbocycles. The second-order valence-electron chi connectivity index (χ2n) is 9.56. The van der Waals surface area contributed by atoms with Gasteiger partial charge in [-0.05, 0) is 6.42 Å². The molecule has 208 valence electrons. The zero-order chi connectivity index (χ0) is 25.8. The summed E-state index contributed by atoms with van der Waals surface area (Å²) in [6, 6.07) is 0. The molecule has 10 atom stereocenters. The van der Waals surface area contributed by atoms with Crippen LogP contribution in [-0.4, -0.2) is 117 Å². The summed E-state index contributed by atoms with van der Waals surface area (Å²) in [6.07, 6.45) is -2.63. The second kappa shape index (κ2) is 16.4. The minimum Gasteiger partial charge on any atom is -0.394 e. The van der Waals surface area contributed by atoms with E-state index >= 15 is 0 Å². The van der Waals surface area contributed by atoms with Gasteiger partial charge < -0.3 is 54.7 Å². The van der Waals surface area contributed by atoms with E-state index in [1.54, 1.807) is 0 Å². The number of aliphatic hydroxyl groups is 7. The van der Waals surface area contributed by atoms with Gasteiger partial charge >= 0.3 is 0 Å². The van der Waals surface area contributed by atoms with Gasteiger partial charge in [0.25, 0.3) is 0 Å². The highest BCUT2D eigenvalue weighted by Gasteiger charge is 2.50. The van der Waals surface area contributed by atoms with Crippen molar-refractivity contribution >= 4 is 0 Å². The van der Waals surface area contributed by atoms with Crippen molar-refractivity contribution in [1.82, 2.24) is 0 Å². The average molecular weight is 511 g/mol. The number of hydrogen-bond acceptors (Lipinski definition) is 11. The molecule has 0 bridgehead atoms. The number of hydrogen-bond donors (Lipinski definition) is 7. The lowest BCUT2D eigenvalue weighted by Gasteiger charge is -2.45. The normalized spacial score (nSPS) is 38.1. The minimum absolute atomic E-state index is 0.321. The summed E-state index contributed by atoms with van der Waals surface area (Å²) in [6.45, 7) is 1.31. The maximum atomic E-state index is 10.6. The molecule has 0 aromatic heterocycles. The van der Waals surface area contributed by atoms with E-state index in [1.165, 1.54) is 44.9 Å². The first-order chi connectivity index (χ1) is 16.8. The number of aliphatic hydroxyl groups excluding tert-OH is 7. The molecule has 0 spiro atoms. The summed E-state index contributed by atoms with van der Waals surface area (Å²) < 4.78 is 22.0. The van der Waals surface area contributed by atoms with Gasteiger partial charge in [-0.2, -0.15) is 0 Å². The molecule has 11 nitrogen and oxygen atoms in total. The molecule has 0 unspecified atom stereocenters. The van der Waals surface area contributed by atoms with E-state index in [0.29, 0.717) is 6.61 Å². The fourth-order valence-electron chi connectivity index (χ4n) is 4.48. The summed E-state index contributed by atoms with van der Waals surface area (Å²) in [5.74, 6) is 0. The summed E-state index contributed by atoms with van der Waals surface area (Å²) in [7, 11) is 0. The second-order valence-corrected chi connectivity index (χ2v) is 9.56. The van der Waals surface area contributed by atoms with Gasteiger partial charge in [0.15, 0.2) is 12.6 Å². The topological polar surface area (TPSA) is 179 Å². The first-order valence-corrected chi connectivity index (χ1v) is 13.1. The molecule has 11 heteroatoms. The van der Waals surface area contributed by atoms with Crippen LogP contribution in [0, 0.1) is 0 Å². The van der Waals surface area contributed by atoms with Crippen LogP contribution in [0.4, 0.5) is 0 Å². The number of ether oxygens (including phenoxy) is 4. The average Bonchev–Trinajstić information content (AvgIpc) is 2.86. The minimum atomic E-state index is -1.69. The maximum absolute atomic E-state index is 10.6. The highest BCUT2D eigenvalue weighted by Crippen LogP contribution is 2.29. The van der Waals surface area contributed by atoms with E-state index in [4.69, 9.17) is 18.9 Å². The van der Waals surface area contributed by atoms with Crippen molar-refractivity contribution in [3.63, 3.8) is 0 Å². The maximum Gasteiger partial charge on any atom is 0.187 e. The Labute approximate surface area is 207 Å². The lowest BCUT2D eigenvalue weighted by atomic mass is 9.97. The molecule has 0 aromatic rings. The summed E-state index contributed by atoms with van der Waals surface area (Å²) in [5.41, 5.74) is 0. The van der Waals surface area contributed by atoms with E-state index in [-0.39, 0.29) is 0 Å². The lowest BCUT2D eigenvalue weighted by Crippen LogP contribution is -2.64. The van der Waals surface area contributed by atoms with Gasteiger partial charge in [0, 0.05) is 6.61 Å². The molecular formula is C24H46O11. The molecule has 2 aliphatic heterocycles. The molecule has 2 saturated heterocycles. The van der Waals surface area contributed by atoms with Crippen molar-refractivity contribution in [2.45, 2.75) is 133 Å². The van der Waals surface area contributed by atoms with Crippen LogP contribution >= 0.6 is 0 Å². The Bertz CT molecular complexity index is 550. The van der Waals surface area contributed by atoms with Gasteiger partial charge in [-0.25, -0.2) is 0 Å². The van der Waals surface area contributed by atoms with Crippen LogP contribution in [-0.2, 0) is 18.9 Å². The molecule has 35 heavy (non-hydrogen) atoms. The predicted molar refractivity (Wildman–Crippen MR) is 124 cm³/mol. The summed E-state index contributed by atoms with van der Waals surface area (Å²) in [4.78, 5) is 0. The Morgan fingerprint density at radius 2 is 1.09 bits per heavy atom. The van der Waals surface area contributed by atoms with Gasteiger partial charge in [0.05, 0.1) is 13.2 Å². The van der Waals surface area contributed by atoms with Gasteiger partial charge in [-0.3, -0.25) is 0 Å². The zero-order valence-electron chi connectivity index (χ0n) is 20.7. The van der Waals surface area contributed by atoms with Crippen molar-refractivity contribution in [2.24, 2.45) is 0 Å². The SMILES string of the molecule is CCCCCCCCCCCCO[C@@H]1O[C@@H](CO)[C@@H](O[C@H]2O[C@@H](CO)[C@@H](O)[C@@H](O)[C@H]2O)[C@@H](O)[C@@H]1O. The van der Waals surface area contributed by atoms with E-state index in [2.05, 4.69) is 6.92 Å². The first-order valence-electron chi connectivity index (χ1n) is 13.1. The lowest BCUT2D eigenvalue weighted by molar-refractivity contribution is -0.359. The van der Waals surface area contributed by atoms with Crippen LogP contribution in [0.3, 0.4) is 0 Å². The Balaban J connectivity index is 1.74. The Morgan fingerprint density at radius 3 is 1.66 bits per heavy atom. The van der Waals surface area contributed by atoms with E-state index in [1.807, 2.05) is 0 Å². The molecule has 2 heterocycles. The summed E-state index contributed by atoms with van der Waals surface area (Å²) in [5, 5.41) is 70.1. The third-order valence-electron chi connectivity index (χ3n) is 6.74. The number of rotatable bonds is 16. The first kappa shape index (κ1) is 30.8. The third kappa shape index (κ3) is 9.11.